The van der Waals surface area contributed by atoms with E-state index in [2.05, 4.69) is 25.3 Å². The number of hydrogen-bond acceptors (Lipinski definition) is 8. The molecule has 1 aliphatic heterocycles. The van der Waals surface area contributed by atoms with Crippen molar-refractivity contribution in [2.45, 2.75) is 6.04 Å². The second kappa shape index (κ2) is 6.95. The van der Waals surface area contributed by atoms with Gasteiger partial charge in [-0.15, -0.1) is 0 Å². The lowest BCUT2D eigenvalue weighted by Gasteiger charge is -2.37. The highest BCUT2D eigenvalue weighted by Crippen LogP contribution is 2.23. The van der Waals surface area contributed by atoms with Gasteiger partial charge in [0, 0.05) is 48.7 Å². The summed E-state index contributed by atoms with van der Waals surface area (Å²) >= 11 is 0. The number of rotatable bonds is 4. The van der Waals surface area contributed by atoms with Crippen molar-refractivity contribution in [3.05, 3.63) is 61.0 Å². The minimum absolute atomic E-state index is 0.160. The summed E-state index contributed by atoms with van der Waals surface area (Å²) in [6.45, 7) is 1.48. The van der Waals surface area contributed by atoms with Crippen LogP contribution in [0.4, 0.5) is 11.6 Å². The van der Waals surface area contributed by atoms with Crippen molar-refractivity contribution in [2.24, 2.45) is 5.73 Å². The minimum Gasteiger partial charge on any atom is -0.442 e. The van der Waals surface area contributed by atoms with Crippen LogP contribution in [0.3, 0.4) is 0 Å². The molecule has 29 heavy (non-hydrogen) atoms. The van der Waals surface area contributed by atoms with Crippen molar-refractivity contribution in [2.75, 3.05) is 23.3 Å². The molecule has 0 saturated carbocycles. The van der Waals surface area contributed by atoms with E-state index in [0.717, 1.165) is 29.7 Å². The van der Waals surface area contributed by atoms with Crippen LogP contribution < -0.4 is 16.0 Å². The number of fused-ring (bicyclic) bond motifs is 1. The van der Waals surface area contributed by atoms with E-state index in [-0.39, 0.29) is 11.9 Å². The van der Waals surface area contributed by atoms with Crippen molar-refractivity contribution >= 4 is 28.3 Å². The fourth-order valence-corrected chi connectivity index (χ4v) is 3.20. The lowest BCUT2D eigenvalue weighted by molar-refractivity contribution is 0.102. The number of nitrogens with one attached hydrogen (secondary N) is 1. The first-order valence-corrected chi connectivity index (χ1v) is 9.08. The molecule has 3 N–H and O–H groups in total. The van der Waals surface area contributed by atoms with E-state index < -0.39 is 0 Å². The zero-order valence-corrected chi connectivity index (χ0v) is 15.3. The molecule has 1 amide bonds. The van der Waals surface area contributed by atoms with Crippen molar-refractivity contribution in [1.29, 1.82) is 0 Å². The number of pyridine rings is 3. The molecule has 0 unspecified atom stereocenters. The third-order valence-corrected chi connectivity index (χ3v) is 4.77. The molecule has 0 radical (unpaired) electrons. The SMILES string of the molecule is NC1CN(c2cc(C(=O)Nc3cc4cc(-c5cnco5)ncc4cn3)ccn2)C1. The second-order valence-corrected chi connectivity index (χ2v) is 6.87. The van der Waals surface area contributed by atoms with E-state index in [1.807, 2.05) is 11.0 Å². The topological polar surface area (TPSA) is 123 Å². The fourth-order valence-electron chi connectivity index (χ4n) is 3.20. The maximum absolute atomic E-state index is 12.7. The zero-order chi connectivity index (χ0) is 19.8. The molecule has 9 heteroatoms. The molecule has 0 spiro atoms. The Morgan fingerprint density at radius 3 is 2.76 bits per heavy atom. The van der Waals surface area contributed by atoms with Gasteiger partial charge in [-0.05, 0) is 29.7 Å². The third-order valence-electron chi connectivity index (χ3n) is 4.77. The molecule has 1 saturated heterocycles. The lowest BCUT2D eigenvalue weighted by atomic mass is 10.1. The summed E-state index contributed by atoms with van der Waals surface area (Å²) in [5.74, 6) is 1.51. The van der Waals surface area contributed by atoms with Crippen LogP contribution in [-0.4, -0.2) is 45.0 Å². The number of nitrogens with two attached hydrogens (primary N) is 1. The van der Waals surface area contributed by atoms with Crippen LogP contribution in [0.1, 0.15) is 10.4 Å². The van der Waals surface area contributed by atoms with E-state index >= 15 is 0 Å². The summed E-state index contributed by atoms with van der Waals surface area (Å²) in [6.07, 6.45) is 7.96. The number of amides is 1. The summed E-state index contributed by atoms with van der Waals surface area (Å²) in [7, 11) is 0. The van der Waals surface area contributed by atoms with E-state index in [4.69, 9.17) is 10.2 Å². The first-order chi connectivity index (χ1) is 14.2. The molecule has 5 rings (SSSR count). The van der Waals surface area contributed by atoms with Gasteiger partial charge in [0.1, 0.15) is 17.3 Å². The van der Waals surface area contributed by atoms with Crippen molar-refractivity contribution in [3.8, 4) is 11.5 Å². The first-order valence-electron chi connectivity index (χ1n) is 9.08. The highest BCUT2D eigenvalue weighted by atomic mass is 16.3. The molecule has 144 valence electrons. The number of hydrogen-bond donors (Lipinski definition) is 2. The molecule has 0 bridgehead atoms. The number of oxazole rings is 1. The number of carbonyl (C=O) groups is 1. The molecule has 0 atom stereocenters. The predicted molar refractivity (Wildman–Crippen MR) is 107 cm³/mol. The summed E-state index contributed by atoms with van der Waals surface area (Å²) in [6, 6.07) is 7.25. The summed E-state index contributed by atoms with van der Waals surface area (Å²) < 4.78 is 5.30. The van der Waals surface area contributed by atoms with Crippen molar-refractivity contribution in [1.82, 2.24) is 19.9 Å². The highest BCUT2D eigenvalue weighted by Gasteiger charge is 2.24. The molecule has 5 heterocycles. The van der Waals surface area contributed by atoms with Gasteiger partial charge in [0.05, 0.1) is 6.20 Å². The third kappa shape index (κ3) is 3.39. The van der Waals surface area contributed by atoms with Gasteiger partial charge in [-0.1, -0.05) is 0 Å². The summed E-state index contributed by atoms with van der Waals surface area (Å²) in [5.41, 5.74) is 6.99. The Kier molecular flexibility index (Phi) is 4.14. The van der Waals surface area contributed by atoms with Crippen LogP contribution in [0, 0.1) is 0 Å². The van der Waals surface area contributed by atoms with Crippen molar-refractivity contribution < 1.29 is 9.21 Å². The van der Waals surface area contributed by atoms with Gasteiger partial charge in [0.2, 0.25) is 0 Å². The molecule has 4 aromatic rings. The van der Waals surface area contributed by atoms with Crippen LogP contribution in [0.5, 0.6) is 0 Å². The molecule has 1 fully saturated rings. The van der Waals surface area contributed by atoms with Gasteiger partial charge in [-0.2, -0.15) is 0 Å². The molecule has 4 aromatic heterocycles. The van der Waals surface area contributed by atoms with Crippen LogP contribution in [0.2, 0.25) is 0 Å². The van der Waals surface area contributed by atoms with Crippen LogP contribution >= 0.6 is 0 Å². The van der Waals surface area contributed by atoms with E-state index in [1.165, 1.54) is 6.39 Å². The van der Waals surface area contributed by atoms with Gasteiger partial charge >= 0.3 is 0 Å². The summed E-state index contributed by atoms with van der Waals surface area (Å²) in [4.78, 5) is 31.6. The fraction of sp³-hybridized carbons (Fsp3) is 0.150. The average Bonchev–Trinajstić information content (AvgIpc) is 3.26. The van der Waals surface area contributed by atoms with E-state index in [1.54, 1.807) is 43.0 Å². The van der Waals surface area contributed by atoms with Crippen molar-refractivity contribution in [3.63, 3.8) is 0 Å². The molecule has 1 aliphatic rings. The number of anilines is 2. The standard InChI is InChI=1S/C20H17N7O2/c21-15-9-27(10-15)19-5-12(1-2-23-19)20(28)26-18-4-13-3-16(17-8-22-11-29-17)24-6-14(13)7-25-18/h1-8,11,15H,9-10,21H2,(H,25,26,28). The second-order valence-electron chi connectivity index (χ2n) is 6.87. The molecular weight excluding hydrogens is 370 g/mol. The Morgan fingerprint density at radius 1 is 1.10 bits per heavy atom. The van der Waals surface area contributed by atoms with Gasteiger partial charge < -0.3 is 20.4 Å². The van der Waals surface area contributed by atoms with E-state index in [0.29, 0.717) is 22.8 Å². The van der Waals surface area contributed by atoms with Crippen LogP contribution in [0.15, 0.2) is 59.9 Å². The van der Waals surface area contributed by atoms with Gasteiger partial charge in [0.15, 0.2) is 12.2 Å². The van der Waals surface area contributed by atoms with E-state index in [9.17, 15) is 4.79 Å². The average molecular weight is 387 g/mol. The number of aromatic nitrogens is 4. The Bertz CT molecular complexity index is 1190. The van der Waals surface area contributed by atoms with Crippen LogP contribution in [0.25, 0.3) is 22.2 Å². The number of nitrogens with zero attached hydrogens (tertiary/aromatic N) is 5. The van der Waals surface area contributed by atoms with Gasteiger partial charge in [0.25, 0.3) is 5.91 Å². The molecule has 0 aliphatic carbocycles. The Morgan fingerprint density at radius 2 is 1.97 bits per heavy atom. The first kappa shape index (κ1) is 17.3. The zero-order valence-electron chi connectivity index (χ0n) is 15.3. The Labute approximate surface area is 165 Å². The largest absolute Gasteiger partial charge is 0.442 e. The van der Waals surface area contributed by atoms with Gasteiger partial charge in [-0.25, -0.2) is 15.0 Å². The Hall–Kier alpha value is -3.85. The normalized spacial score (nSPS) is 14.0. The van der Waals surface area contributed by atoms with Crippen LogP contribution in [-0.2, 0) is 0 Å². The lowest BCUT2D eigenvalue weighted by Crippen LogP contribution is -2.56. The molecular formula is C20H17N7O2. The quantitative estimate of drug-likeness (QED) is 0.546. The maximum atomic E-state index is 12.7. The maximum Gasteiger partial charge on any atom is 0.257 e. The smallest absolute Gasteiger partial charge is 0.257 e. The Balaban J connectivity index is 1.38. The minimum atomic E-state index is -0.255. The summed E-state index contributed by atoms with van der Waals surface area (Å²) in [5, 5.41) is 4.57. The molecule has 0 aromatic carbocycles. The number of carbonyl (C=O) groups excluding carboxylic acids is 1. The highest BCUT2D eigenvalue weighted by molar-refractivity contribution is 6.05. The monoisotopic (exact) mass is 387 g/mol. The predicted octanol–water partition coefficient (Wildman–Crippen LogP) is 2.08. The van der Waals surface area contributed by atoms with Gasteiger partial charge in [-0.3, -0.25) is 9.78 Å². The molecule has 9 nitrogen and oxygen atoms in total.